The van der Waals surface area contributed by atoms with E-state index in [1.807, 2.05) is 30.3 Å². The number of nitrogens with zero attached hydrogens (tertiary/aromatic N) is 4. The molecular formula is C26H31N7O3. The molecule has 4 N–H and O–H groups in total. The number of pyridine rings is 1. The molecule has 2 atom stereocenters. The maximum absolute atomic E-state index is 13.0. The number of hydrogen-bond acceptors (Lipinski definition) is 6. The van der Waals surface area contributed by atoms with Crippen LogP contribution in [-0.2, 0) is 9.59 Å². The van der Waals surface area contributed by atoms with Gasteiger partial charge in [0.15, 0.2) is 0 Å². The third-order valence-corrected chi connectivity index (χ3v) is 6.13. The van der Waals surface area contributed by atoms with Gasteiger partial charge in [0.25, 0.3) is 0 Å². The van der Waals surface area contributed by atoms with Gasteiger partial charge in [-0.25, -0.2) is 9.97 Å². The Labute approximate surface area is 209 Å². The van der Waals surface area contributed by atoms with Crippen molar-refractivity contribution < 1.29 is 14.3 Å². The van der Waals surface area contributed by atoms with Crippen LogP contribution < -0.4 is 15.8 Å². The molecule has 4 aromatic rings. The van der Waals surface area contributed by atoms with Crippen molar-refractivity contribution in [2.45, 2.75) is 51.1 Å². The van der Waals surface area contributed by atoms with Gasteiger partial charge in [-0.05, 0) is 38.0 Å². The number of H-pyrrole nitrogens is 1. The predicted octanol–water partition coefficient (Wildman–Crippen LogP) is 3.68. The number of aromatic nitrogens is 5. The predicted molar refractivity (Wildman–Crippen MR) is 136 cm³/mol. The molecule has 0 aliphatic heterocycles. The molecule has 36 heavy (non-hydrogen) atoms. The Kier molecular flexibility index (Phi) is 7.94. The standard InChI is InChI=1S/C26H31N7O3/c1-17(33-14-8-13-29-33)25(35)31-21(11-4-3-5-12-23(27)34)24-28-16-22(30-24)19-15-18-9-6-7-10-20(18)32-26(19)36-2/h6-10,13-17,21H,3-5,11-12H2,1-2H3,(H2,27,34)(H,28,30)(H,31,35)/t17?,21-/m0/s1. The first-order valence-corrected chi connectivity index (χ1v) is 12.0. The maximum atomic E-state index is 13.0. The monoisotopic (exact) mass is 489 g/mol. The van der Waals surface area contributed by atoms with Crippen molar-refractivity contribution in [2.24, 2.45) is 5.73 Å². The number of aromatic amines is 1. The second kappa shape index (κ2) is 11.5. The lowest BCUT2D eigenvalue weighted by Gasteiger charge is -2.20. The fraction of sp³-hybridized carbons (Fsp3) is 0.346. The summed E-state index contributed by atoms with van der Waals surface area (Å²) < 4.78 is 7.16. The van der Waals surface area contributed by atoms with E-state index in [2.05, 4.69) is 25.4 Å². The number of rotatable bonds is 12. The number of benzene rings is 1. The number of para-hydroxylation sites is 1. The van der Waals surface area contributed by atoms with Crippen molar-refractivity contribution in [3.8, 4) is 17.1 Å². The van der Waals surface area contributed by atoms with E-state index in [9.17, 15) is 9.59 Å². The largest absolute Gasteiger partial charge is 0.480 e. The minimum Gasteiger partial charge on any atom is -0.480 e. The Morgan fingerprint density at radius 3 is 2.78 bits per heavy atom. The Balaban J connectivity index is 1.56. The first-order chi connectivity index (χ1) is 17.5. The second-order valence-corrected chi connectivity index (χ2v) is 8.71. The lowest BCUT2D eigenvalue weighted by atomic mass is 10.1. The molecule has 188 valence electrons. The lowest BCUT2D eigenvalue weighted by molar-refractivity contribution is -0.125. The van der Waals surface area contributed by atoms with Gasteiger partial charge >= 0.3 is 0 Å². The van der Waals surface area contributed by atoms with E-state index in [1.54, 1.807) is 43.4 Å². The first kappa shape index (κ1) is 24.9. The summed E-state index contributed by atoms with van der Waals surface area (Å²) in [6, 6.07) is 10.8. The number of fused-ring (bicyclic) bond motifs is 1. The van der Waals surface area contributed by atoms with Gasteiger partial charge in [0.1, 0.15) is 11.9 Å². The van der Waals surface area contributed by atoms with Crippen LogP contribution in [-0.4, -0.2) is 43.7 Å². The van der Waals surface area contributed by atoms with Gasteiger partial charge in [-0.3, -0.25) is 14.3 Å². The quantitative estimate of drug-likeness (QED) is 0.259. The number of carbonyl (C=O) groups is 2. The number of ether oxygens (including phenoxy) is 1. The molecule has 3 aromatic heterocycles. The number of hydrogen-bond donors (Lipinski definition) is 3. The SMILES string of the molecule is COc1nc2ccccc2cc1-c1cnc([C@H](CCCCCC(N)=O)NC(=O)C(C)n2cccn2)[nH]1. The van der Waals surface area contributed by atoms with E-state index >= 15 is 0 Å². The van der Waals surface area contributed by atoms with Gasteiger partial charge in [-0.2, -0.15) is 5.10 Å². The molecule has 3 heterocycles. The zero-order chi connectivity index (χ0) is 25.5. The average Bonchev–Trinajstić information content (AvgIpc) is 3.59. The van der Waals surface area contributed by atoms with Gasteiger partial charge in [0.05, 0.1) is 36.1 Å². The fourth-order valence-electron chi connectivity index (χ4n) is 4.12. The molecule has 2 amide bonds. The summed E-state index contributed by atoms with van der Waals surface area (Å²) in [6.07, 6.45) is 8.46. The highest BCUT2D eigenvalue weighted by Gasteiger charge is 2.23. The number of amides is 2. The van der Waals surface area contributed by atoms with Crippen LogP contribution in [0.4, 0.5) is 0 Å². The van der Waals surface area contributed by atoms with Crippen molar-refractivity contribution in [3.63, 3.8) is 0 Å². The van der Waals surface area contributed by atoms with Crippen molar-refractivity contribution in [2.75, 3.05) is 7.11 Å². The number of imidazole rings is 1. The van der Waals surface area contributed by atoms with Crippen LogP contribution in [0.2, 0.25) is 0 Å². The molecule has 0 spiro atoms. The molecule has 0 aliphatic rings. The number of unbranched alkanes of at least 4 members (excludes halogenated alkanes) is 2. The zero-order valence-corrected chi connectivity index (χ0v) is 20.5. The summed E-state index contributed by atoms with van der Waals surface area (Å²) in [6.45, 7) is 1.80. The van der Waals surface area contributed by atoms with Crippen LogP contribution in [0.25, 0.3) is 22.2 Å². The molecule has 0 bridgehead atoms. The Morgan fingerprint density at radius 2 is 2.03 bits per heavy atom. The van der Waals surface area contributed by atoms with E-state index in [0.717, 1.165) is 35.0 Å². The summed E-state index contributed by atoms with van der Waals surface area (Å²) in [4.78, 5) is 36.7. The highest BCUT2D eigenvalue weighted by molar-refractivity contribution is 5.85. The smallest absolute Gasteiger partial charge is 0.245 e. The van der Waals surface area contributed by atoms with Gasteiger partial charge in [0, 0.05) is 24.2 Å². The van der Waals surface area contributed by atoms with E-state index in [-0.39, 0.29) is 17.9 Å². The Bertz CT molecular complexity index is 1320. The molecule has 0 saturated carbocycles. The third-order valence-electron chi connectivity index (χ3n) is 6.13. The fourth-order valence-corrected chi connectivity index (χ4v) is 4.12. The highest BCUT2D eigenvalue weighted by Crippen LogP contribution is 2.31. The molecule has 0 aliphatic carbocycles. The summed E-state index contributed by atoms with van der Waals surface area (Å²) in [7, 11) is 1.59. The van der Waals surface area contributed by atoms with Crippen LogP contribution >= 0.6 is 0 Å². The second-order valence-electron chi connectivity index (χ2n) is 8.71. The maximum Gasteiger partial charge on any atom is 0.245 e. The van der Waals surface area contributed by atoms with Crippen LogP contribution in [0.1, 0.15) is 56.9 Å². The number of nitrogens with one attached hydrogen (secondary N) is 2. The van der Waals surface area contributed by atoms with Gasteiger partial charge in [0.2, 0.25) is 17.7 Å². The van der Waals surface area contributed by atoms with Gasteiger partial charge < -0.3 is 20.8 Å². The summed E-state index contributed by atoms with van der Waals surface area (Å²) >= 11 is 0. The summed E-state index contributed by atoms with van der Waals surface area (Å²) in [5.41, 5.74) is 7.62. The molecular weight excluding hydrogens is 458 g/mol. The summed E-state index contributed by atoms with van der Waals surface area (Å²) in [5.74, 6) is 0.657. The van der Waals surface area contributed by atoms with Gasteiger partial charge in [-0.1, -0.05) is 31.0 Å². The molecule has 1 unspecified atom stereocenters. The average molecular weight is 490 g/mol. The van der Waals surface area contributed by atoms with Crippen molar-refractivity contribution >= 4 is 22.7 Å². The molecule has 1 aromatic carbocycles. The Hall–Kier alpha value is -4.21. The normalized spacial score (nSPS) is 12.8. The van der Waals surface area contributed by atoms with Crippen molar-refractivity contribution in [1.29, 1.82) is 0 Å². The number of primary amides is 1. The molecule has 10 heteroatoms. The number of methoxy groups -OCH3 is 1. The van der Waals surface area contributed by atoms with E-state index in [0.29, 0.717) is 31.0 Å². The van der Waals surface area contributed by atoms with E-state index < -0.39 is 6.04 Å². The zero-order valence-electron chi connectivity index (χ0n) is 20.5. The molecule has 0 saturated heterocycles. The van der Waals surface area contributed by atoms with Crippen LogP contribution in [0.15, 0.2) is 55.0 Å². The lowest BCUT2D eigenvalue weighted by Crippen LogP contribution is -2.35. The van der Waals surface area contributed by atoms with E-state index in [4.69, 9.17) is 10.5 Å². The molecule has 10 nitrogen and oxygen atoms in total. The number of nitrogens with two attached hydrogens (primary N) is 1. The molecule has 0 fully saturated rings. The summed E-state index contributed by atoms with van der Waals surface area (Å²) in [5, 5.41) is 8.27. The van der Waals surface area contributed by atoms with Crippen molar-refractivity contribution in [3.05, 3.63) is 60.8 Å². The van der Waals surface area contributed by atoms with Crippen LogP contribution in [0.3, 0.4) is 0 Å². The minimum absolute atomic E-state index is 0.163. The first-order valence-electron chi connectivity index (χ1n) is 12.0. The highest BCUT2D eigenvalue weighted by atomic mass is 16.5. The van der Waals surface area contributed by atoms with Crippen LogP contribution in [0, 0.1) is 0 Å². The van der Waals surface area contributed by atoms with E-state index in [1.165, 1.54) is 0 Å². The molecule has 4 rings (SSSR count). The number of carbonyl (C=O) groups excluding carboxylic acids is 2. The molecule has 0 radical (unpaired) electrons. The van der Waals surface area contributed by atoms with Crippen LogP contribution in [0.5, 0.6) is 5.88 Å². The topological polar surface area (TPSA) is 141 Å². The van der Waals surface area contributed by atoms with Crippen molar-refractivity contribution in [1.82, 2.24) is 30.0 Å². The Morgan fingerprint density at radius 1 is 1.19 bits per heavy atom. The third kappa shape index (κ3) is 5.88. The minimum atomic E-state index is -0.475. The van der Waals surface area contributed by atoms with Gasteiger partial charge in [-0.15, -0.1) is 0 Å².